The Hall–Kier alpha value is -0.590. The maximum atomic E-state index is 8.24. The lowest BCUT2D eigenvalue weighted by Crippen LogP contribution is -2.43. The third-order valence-corrected chi connectivity index (χ3v) is 1.15. The van der Waals surface area contributed by atoms with Crippen molar-refractivity contribution in [3.8, 4) is 6.07 Å². The van der Waals surface area contributed by atoms with Gasteiger partial charge < -0.3 is 4.74 Å². The topological polar surface area (TPSA) is 45.0 Å². The van der Waals surface area contributed by atoms with Crippen LogP contribution in [0.4, 0.5) is 0 Å². The van der Waals surface area contributed by atoms with E-state index in [1.54, 1.807) is 7.11 Å². The molecule has 58 valence electrons. The van der Waals surface area contributed by atoms with Crippen LogP contribution in [-0.2, 0) is 4.74 Å². The quantitative estimate of drug-likeness (QED) is 0.582. The summed E-state index contributed by atoms with van der Waals surface area (Å²) in [6, 6.07) is 2.02. The average molecular weight is 142 g/mol. The molecule has 0 amide bonds. The van der Waals surface area contributed by atoms with Gasteiger partial charge in [-0.2, -0.15) is 5.26 Å². The normalized spacial score (nSPS) is 11.0. The van der Waals surface area contributed by atoms with Gasteiger partial charge in [-0.25, -0.2) is 0 Å². The van der Waals surface area contributed by atoms with Gasteiger partial charge in [-0.05, 0) is 13.8 Å². The highest BCUT2D eigenvalue weighted by Crippen LogP contribution is 2.00. The van der Waals surface area contributed by atoms with E-state index in [9.17, 15) is 0 Å². The van der Waals surface area contributed by atoms with Crippen molar-refractivity contribution in [1.29, 1.82) is 5.26 Å². The largest absolute Gasteiger partial charge is 0.383 e. The zero-order chi connectivity index (χ0) is 8.04. The van der Waals surface area contributed by atoms with Crippen LogP contribution in [0.25, 0.3) is 0 Å². The molecule has 0 radical (unpaired) electrons. The first-order valence-corrected chi connectivity index (χ1v) is 3.23. The number of nitrogens with one attached hydrogen (secondary N) is 1. The predicted molar refractivity (Wildman–Crippen MR) is 39.6 cm³/mol. The molecule has 0 unspecified atom stereocenters. The highest BCUT2D eigenvalue weighted by molar-refractivity contribution is 4.83. The fourth-order valence-corrected chi connectivity index (χ4v) is 0.691. The molecule has 0 spiro atoms. The summed E-state index contributed by atoms with van der Waals surface area (Å²) in [6.07, 6.45) is 0. The fourth-order valence-electron chi connectivity index (χ4n) is 0.691. The number of ether oxygens (including phenoxy) is 1. The minimum Gasteiger partial charge on any atom is -0.383 e. The van der Waals surface area contributed by atoms with Crippen molar-refractivity contribution in [3.63, 3.8) is 0 Å². The minimum atomic E-state index is -0.0928. The smallest absolute Gasteiger partial charge is 0.0845 e. The highest BCUT2D eigenvalue weighted by Gasteiger charge is 2.14. The molecule has 0 fully saturated rings. The molecule has 0 aliphatic heterocycles. The fraction of sp³-hybridized carbons (Fsp3) is 0.857. The number of hydrogen-bond acceptors (Lipinski definition) is 3. The second kappa shape index (κ2) is 4.26. The van der Waals surface area contributed by atoms with Crippen molar-refractivity contribution in [2.75, 3.05) is 20.3 Å². The van der Waals surface area contributed by atoms with Gasteiger partial charge in [0.05, 0.1) is 19.2 Å². The summed E-state index contributed by atoms with van der Waals surface area (Å²) in [5.74, 6) is 0. The SMILES string of the molecule is COCC(C)(C)NCC#N. The Kier molecular flexibility index (Phi) is 4.01. The van der Waals surface area contributed by atoms with Crippen LogP contribution in [0.1, 0.15) is 13.8 Å². The Morgan fingerprint density at radius 2 is 2.20 bits per heavy atom. The second-order valence-corrected chi connectivity index (χ2v) is 2.83. The summed E-state index contributed by atoms with van der Waals surface area (Å²) in [6.45, 7) is 4.98. The standard InChI is InChI=1S/C7H14N2O/c1-7(2,6-10-3)9-5-4-8/h9H,5-6H2,1-3H3. The molecule has 0 aromatic heterocycles. The van der Waals surface area contributed by atoms with Gasteiger partial charge in [0.1, 0.15) is 0 Å². The molecule has 0 bridgehead atoms. The highest BCUT2D eigenvalue weighted by atomic mass is 16.5. The van der Waals surface area contributed by atoms with E-state index in [1.807, 2.05) is 19.9 Å². The van der Waals surface area contributed by atoms with Crippen LogP contribution in [0.15, 0.2) is 0 Å². The van der Waals surface area contributed by atoms with E-state index in [4.69, 9.17) is 10.00 Å². The summed E-state index contributed by atoms with van der Waals surface area (Å²) >= 11 is 0. The van der Waals surface area contributed by atoms with Gasteiger partial charge in [-0.1, -0.05) is 0 Å². The van der Waals surface area contributed by atoms with Crippen molar-refractivity contribution in [1.82, 2.24) is 5.32 Å². The molecule has 0 atom stereocenters. The van der Waals surface area contributed by atoms with E-state index < -0.39 is 0 Å². The molecule has 0 saturated heterocycles. The average Bonchev–Trinajstić information content (AvgIpc) is 1.84. The zero-order valence-corrected chi connectivity index (χ0v) is 6.77. The van der Waals surface area contributed by atoms with Crippen molar-refractivity contribution < 1.29 is 4.74 Å². The maximum Gasteiger partial charge on any atom is 0.0845 e. The lowest BCUT2D eigenvalue weighted by Gasteiger charge is -2.23. The molecule has 0 aromatic carbocycles. The Labute approximate surface area is 62.0 Å². The van der Waals surface area contributed by atoms with Crippen LogP contribution in [0.3, 0.4) is 0 Å². The molecule has 0 aliphatic carbocycles. The number of hydrogen-bond donors (Lipinski definition) is 1. The number of nitrogens with zero attached hydrogens (tertiary/aromatic N) is 1. The molecule has 0 heterocycles. The molecule has 3 nitrogen and oxygen atoms in total. The van der Waals surface area contributed by atoms with Crippen molar-refractivity contribution in [2.45, 2.75) is 19.4 Å². The van der Waals surface area contributed by atoms with E-state index in [1.165, 1.54) is 0 Å². The summed E-state index contributed by atoms with van der Waals surface area (Å²) < 4.78 is 4.93. The van der Waals surface area contributed by atoms with Crippen LogP contribution in [0, 0.1) is 11.3 Å². The molecular weight excluding hydrogens is 128 g/mol. The van der Waals surface area contributed by atoms with Gasteiger partial charge in [0.25, 0.3) is 0 Å². The second-order valence-electron chi connectivity index (χ2n) is 2.83. The van der Waals surface area contributed by atoms with Crippen LogP contribution >= 0.6 is 0 Å². The van der Waals surface area contributed by atoms with Crippen molar-refractivity contribution in [3.05, 3.63) is 0 Å². The Morgan fingerprint density at radius 3 is 2.60 bits per heavy atom. The molecular formula is C7H14N2O. The molecule has 10 heavy (non-hydrogen) atoms. The van der Waals surface area contributed by atoms with E-state index in [-0.39, 0.29) is 5.54 Å². The molecule has 0 saturated carbocycles. The first-order chi connectivity index (χ1) is 4.62. The molecule has 3 heteroatoms. The van der Waals surface area contributed by atoms with E-state index in [0.717, 1.165) is 0 Å². The van der Waals surface area contributed by atoms with Gasteiger partial charge in [0.2, 0.25) is 0 Å². The monoisotopic (exact) mass is 142 g/mol. The van der Waals surface area contributed by atoms with Crippen LogP contribution in [0.2, 0.25) is 0 Å². The Balaban J connectivity index is 3.54. The van der Waals surface area contributed by atoms with Gasteiger partial charge in [0.15, 0.2) is 0 Å². The van der Waals surface area contributed by atoms with Gasteiger partial charge in [0, 0.05) is 12.6 Å². The van der Waals surface area contributed by atoms with Gasteiger partial charge in [-0.3, -0.25) is 5.32 Å². The van der Waals surface area contributed by atoms with Gasteiger partial charge >= 0.3 is 0 Å². The van der Waals surface area contributed by atoms with Crippen LogP contribution in [0.5, 0.6) is 0 Å². The summed E-state index contributed by atoms with van der Waals surface area (Å²) in [5.41, 5.74) is -0.0928. The minimum absolute atomic E-state index is 0.0928. The molecule has 0 aromatic rings. The Bertz CT molecular complexity index is 126. The van der Waals surface area contributed by atoms with E-state index >= 15 is 0 Å². The molecule has 0 rings (SSSR count). The van der Waals surface area contributed by atoms with Crippen molar-refractivity contribution in [2.24, 2.45) is 0 Å². The number of rotatable bonds is 4. The number of methoxy groups -OCH3 is 1. The third-order valence-electron chi connectivity index (χ3n) is 1.15. The molecule has 1 N–H and O–H groups in total. The molecule has 0 aliphatic rings. The third kappa shape index (κ3) is 4.30. The maximum absolute atomic E-state index is 8.24. The summed E-state index contributed by atoms with van der Waals surface area (Å²) in [4.78, 5) is 0. The van der Waals surface area contributed by atoms with Crippen molar-refractivity contribution >= 4 is 0 Å². The zero-order valence-electron chi connectivity index (χ0n) is 6.77. The predicted octanol–water partition coefficient (Wildman–Crippen LogP) is 0.525. The van der Waals surface area contributed by atoms with Crippen LogP contribution in [-0.4, -0.2) is 25.8 Å². The summed E-state index contributed by atoms with van der Waals surface area (Å²) in [5, 5.41) is 11.3. The van der Waals surface area contributed by atoms with E-state index in [2.05, 4.69) is 5.32 Å². The van der Waals surface area contributed by atoms with Gasteiger partial charge in [-0.15, -0.1) is 0 Å². The van der Waals surface area contributed by atoms with Crippen LogP contribution < -0.4 is 5.32 Å². The lowest BCUT2D eigenvalue weighted by atomic mass is 10.1. The lowest BCUT2D eigenvalue weighted by molar-refractivity contribution is 0.131. The van der Waals surface area contributed by atoms with E-state index in [0.29, 0.717) is 13.2 Å². The first kappa shape index (κ1) is 9.41. The first-order valence-electron chi connectivity index (χ1n) is 3.23. The summed E-state index contributed by atoms with van der Waals surface area (Å²) in [7, 11) is 1.65. The number of nitriles is 1. The Morgan fingerprint density at radius 1 is 1.60 bits per heavy atom.